The van der Waals surface area contributed by atoms with Gasteiger partial charge in [-0.05, 0) is 37.0 Å². The van der Waals surface area contributed by atoms with E-state index in [4.69, 9.17) is 0 Å². The van der Waals surface area contributed by atoms with Gasteiger partial charge in [-0.15, -0.1) is 11.3 Å². The summed E-state index contributed by atoms with van der Waals surface area (Å²) in [4.78, 5) is 28.3. The summed E-state index contributed by atoms with van der Waals surface area (Å²) in [6.45, 7) is 4.81. The first-order chi connectivity index (χ1) is 13.6. The zero-order valence-electron chi connectivity index (χ0n) is 16.0. The van der Waals surface area contributed by atoms with Gasteiger partial charge in [0.05, 0.1) is 11.9 Å². The molecule has 4 nitrogen and oxygen atoms in total. The van der Waals surface area contributed by atoms with Crippen molar-refractivity contribution in [1.82, 2.24) is 9.13 Å². The van der Waals surface area contributed by atoms with Gasteiger partial charge in [0.25, 0.3) is 5.56 Å². The highest BCUT2D eigenvalue weighted by molar-refractivity contribution is 7.18. The van der Waals surface area contributed by atoms with Gasteiger partial charge in [0.15, 0.2) is 0 Å². The van der Waals surface area contributed by atoms with Gasteiger partial charge in [-0.1, -0.05) is 60.7 Å². The monoisotopic (exact) mass is 390 g/mol. The van der Waals surface area contributed by atoms with Crippen molar-refractivity contribution in [3.8, 4) is 0 Å². The number of hydrogen-bond donors (Lipinski definition) is 0. The highest BCUT2D eigenvalue weighted by atomic mass is 32.1. The Morgan fingerprint density at radius 2 is 1.43 bits per heavy atom. The standard InChI is InChI=1S/C23H22N2O2S/c1-16-17(2)28-22-20(16)21(26)24(14-13-18-9-5-3-6-10-18)23(27)25(22)15-19-11-7-4-8-12-19/h3-12H,13-15H2,1-2H3. The van der Waals surface area contributed by atoms with Crippen LogP contribution >= 0.6 is 11.3 Å². The summed E-state index contributed by atoms with van der Waals surface area (Å²) in [6, 6.07) is 19.9. The molecule has 0 saturated heterocycles. The van der Waals surface area contributed by atoms with Gasteiger partial charge in [0, 0.05) is 11.4 Å². The minimum absolute atomic E-state index is 0.179. The van der Waals surface area contributed by atoms with Crippen molar-refractivity contribution in [2.45, 2.75) is 33.4 Å². The smallest absolute Gasteiger partial charge is 0.280 e. The van der Waals surface area contributed by atoms with Crippen LogP contribution in [0.4, 0.5) is 0 Å². The van der Waals surface area contributed by atoms with E-state index in [0.717, 1.165) is 26.4 Å². The molecule has 0 saturated carbocycles. The molecular formula is C23H22N2O2S. The second-order valence-corrected chi connectivity index (χ2v) is 8.21. The van der Waals surface area contributed by atoms with Gasteiger partial charge in [-0.25, -0.2) is 4.79 Å². The van der Waals surface area contributed by atoms with E-state index in [0.29, 0.717) is 24.9 Å². The summed E-state index contributed by atoms with van der Waals surface area (Å²) >= 11 is 1.53. The fourth-order valence-electron chi connectivity index (χ4n) is 3.49. The van der Waals surface area contributed by atoms with Crippen LogP contribution in [0.1, 0.15) is 21.6 Å². The summed E-state index contributed by atoms with van der Waals surface area (Å²) in [5, 5.41) is 0.672. The maximum absolute atomic E-state index is 13.3. The van der Waals surface area contributed by atoms with Crippen molar-refractivity contribution in [1.29, 1.82) is 0 Å². The lowest BCUT2D eigenvalue weighted by atomic mass is 10.1. The van der Waals surface area contributed by atoms with Crippen molar-refractivity contribution in [2.75, 3.05) is 0 Å². The third-order valence-corrected chi connectivity index (χ3v) is 6.41. The van der Waals surface area contributed by atoms with E-state index in [1.54, 1.807) is 4.57 Å². The topological polar surface area (TPSA) is 44.0 Å². The average molecular weight is 391 g/mol. The molecule has 0 aliphatic carbocycles. The molecule has 0 spiro atoms. The van der Waals surface area contributed by atoms with E-state index in [-0.39, 0.29) is 11.2 Å². The molecule has 2 aromatic heterocycles. The van der Waals surface area contributed by atoms with Crippen molar-refractivity contribution >= 4 is 21.6 Å². The first-order valence-electron chi connectivity index (χ1n) is 9.37. The highest BCUT2D eigenvalue weighted by Gasteiger charge is 2.18. The van der Waals surface area contributed by atoms with E-state index in [1.165, 1.54) is 15.9 Å². The molecule has 0 aliphatic heterocycles. The van der Waals surface area contributed by atoms with Crippen LogP contribution < -0.4 is 11.2 Å². The predicted octanol–water partition coefficient (Wildman–Crippen LogP) is 4.13. The molecular weight excluding hydrogens is 368 g/mol. The van der Waals surface area contributed by atoms with Crippen molar-refractivity contribution in [2.24, 2.45) is 0 Å². The van der Waals surface area contributed by atoms with Gasteiger partial charge in [0.1, 0.15) is 4.83 Å². The Kier molecular flexibility index (Phi) is 5.01. The first kappa shape index (κ1) is 18.4. The summed E-state index contributed by atoms with van der Waals surface area (Å²) in [7, 11) is 0. The lowest BCUT2D eigenvalue weighted by Gasteiger charge is -2.12. The number of benzene rings is 2. The zero-order chi connectivity index (χ0) is 19.7. The number of fused-ring (bicyclic) bond motifs is 1. The number of aryl methyl sites for hydroxylation is 3. The highest BCUT2D eigenvalue weighted by Crippen LogP contribution is 2.27. The maximum Gasteiger partial charge on any atom is 0.332 e. The normalized spacial score (nSPS) is 11.2. The van der Waals surface area contributed by atoms with Gasteiger partial charge >= 0.3 is 5.69 Å². The molecule has 0 bridgehead atoms. The van der Waals surface area contributed by atoms with Gasteiger partial charge in [-0.2, -0.15) is 0 Å². The molecule has 2 aromatic carbocycles. The minimum Gasteiger partial charge on any atom is -0.280 e. The lowest BCUT2D eigenvalue weighted by Crippen LogP contribution is -2.40. The molecule has 0 atom stereocenters. The summed E-state index contributed by atoms with van der Waals surface area (Å²) in [5.74, 6) is 0. The second-order valence-electron chi connectivity index (χ2n) is 7.01. The Hall–Kier alpha value is -2.92. The minimum atomic E-state index is -0.237. The van der Waals surface area contributed by atoms with E-state index >= 15 is 0 Å². The first-order valence-corrected chi connectivity index (χ1v) is 10.2. The van der Waals surface area contributed by atoms with Gasteiger partial charge in [-0.3, -0.25) is 13.9 Å². The molecule has 0 radical (unpaired) electrons. The fraction of sp³-hybridized carbons (Fsp3) is 0.217. The average Bonchev–Trinajstić information content (AvgIpc) is 3.01. The van der Waals surface area contributed by atoms with E-state index in [9.17, 15) is 9.59 Å². The van der Waals surface area contributed by atoms with Gasteiger partial charge in [0.2, 0.25) is 0 Å². The Balaban J connectivity index is 1.86. The Labute approximate surface area is 167 Å². The summed E-state index contributed by atoms with van der Waals surface area (Å²) in [6.07, 6.45) is 0.648. The van der Waals surface area contributed by atoms with Crippen LogP contribution in [-0.2, 0) is 19.5 Å². The predicted molar refractivity (Wildman–Crippen MR) is 116 cm³/mol. The lowest BCUT2D eigenvalue weighted by molar-refractivity contribution is 0.591. The molecule has 0 fully saturated rings. The van der Waals surface area contributed by atoms with Crippen LogP contribution in [0.5, 0.6) is 0 Å². The Bertz CT molecular complexity index is 1240. The summed E-state index contributed by atoms with van der Waals surface area (Å²) in [5.41, 5.74) is 2.71. The fourth-order valence-corrected chi connectivity index (χ4v) is 4.63. The van der Waals surface area contributed by atoms with E-state index < -0.39 is 0 Å². The molecule has 5 heteroatoms. The second kappa shape index (κ2) is 7.60. The van der Waals surface area contributed by atoms with Crippen LogP contribution in [-0.4, -0.2) is 9.13 Å². The van der Waals surface area contributed by atoms with Crippen LogP contribution in [0.25, 0.3) is 10.2 Å². The number of hydrogen-bond acceptors (Lipinski definition) is 3. The number of rotatable bonds is 5. The largest absolute Gasteiger partial charge is 0.332 e. The molecule has 0 N–H and O–H groups in total. The molecule has 0 aliphatic rings. The summed E-state index contributed by atoms with van der Waals surface area (Å²) < 4.78 is 3.15. The van der Waals surface area contributed by atoms with E-state index in [2.05, 4.69) is 0 Å². The molecule has 4 rings (SSSR count). The Morgan fingerprint density at radius 3 is 2.07 bits per heavy atom. The molecule has 0 amide bonds. The van der Waals surface area contributed by atoms with Crippen molar-refractivity contribution < 1.29 is 0 Å². The van der Waals surface area contributed by atoms with Gasteiger partial charge < -0.3 is 0 Å². The molecule has 4 aromatic rings. The van der Waals surface area contributed by atoms with Crippen LogP contribution in [0, 0.1) is 13.8 Å². The number of nitrogens with zero attached hydrogens (tertiary/aromatic N) is 2. The maximum atomic E-state index is 13.3. The van der Waals surface area contributed by atoms with Crippen LogP contribution in [0.2, 0.25) is 0 Å². The third-order valence-electron chi connectivity index (χ3n) is 5.18. The quantitative estimate of drug-likeness (QED) is 0.514. The molecule has 142 valence electrons. The molecule has 0 unspecified atom stereocenters. The zero-order valence-corrected chi connectivity index (χ0v) is 16.8. The third kappa shape index (κ3) is 3.34. The van der Waals surface area contributed by atoms with Crippen molar-refractivity contribution in [3.05, 3.63) is 103 Å². The SMILES string of the molecule is Cc1sc2c(c1C)c(=O)n(CCc1ccccc1)c(=O)n2Cc1ccccc1. The number of aromatic nitrogens is 2. The molecule has 2 heterocycles. The number of thiophene rings is 1. The van der Waals surface area contributed by atoms with E-state index in [1.807, 2.05) is 74.5 Å². The molecule has 28 heavy (non-hydrogen) atoms. The Morgan fingerprint density at radius 1 is 0.821 bits per heavy atom. The van der Waals surface area contributed by atoms with Crippen LogP contribution in [0.15, 0.2) is 70.3 Å². The van der Waals surface area contributed by atoms with Crippen LogP contribution in [0.3, 0.4) is 0 Å². The van der Waals surface area contributed by atoms with Crippen molar-refractivity contribution in [3.63, 3.8) is 0 Å².